The Morgan fingerprint density at radius 2 is 1.60 bits per heavy atom. The Kier molecular flexibility index (Phi) is 6.06. The van der Waals surface area contributed by atoms with Crippen LogP contribution in [0.15, 0.2) is 83.9 Å². The second-order valence-corrected chi connectivity index (χ2v) is 9.33. The standard InChI is InChI=1S/C24H21N5O5S/c30-24(21-16-25-29(27-21)19-5-2-1-3-6-19)26-17-7-9-18(10-8-17)28-35(31,32)20-11-12-22-23(15-20)34-14-4-13-33-22/h1-3,5-12,15-16,28H,4,13-14H2,(H,26,30). The Bertz CT molecular complexity index is 1450. The van der Waals surface area contributed by atoms with Crippen molar-refractivity contribution in [3.05, 3.63) is 84.7 Å². The fourth-order valence-electron chi connectivity index (χ4n) is 3.39. The number of hydrogen-bond donors (Lipinski definition) is 2. The molecule has 1 aliphatic heterocycles. The lowest BCUT2D eigenvalue weighted by molar-refractivity contribution is 0.102. The Hall–Kier alpha value is -4.38. The zero-order valence-corrected chi connectivity index (χ0v) is 19.2. The van der Waals surface area contributed by atoms with Crippen molar-refractivity contribution in [2.45, 2.75) is 11.3 Å². The molecule has 1 aromatic heterocycles. The van der Waals surface area contributed by atoms with Crippen molar-refractivity contribution in [3.8, 4) is 17.2 Å². The third kappa shape index (κ3) is 5.09. The molecule has 0 fully saturated rings. The second kappa shape index (κ2) is 9.47. The number of carbonyl (C=O) groups excluding carboxylic acids is 1. The normalized spacial score (nSPS) is 13.0. The topological polar surface area (TPSA) is 124 Å². The second-order valence-electron chi connectivity index (χ2n) is 7.65. The van der Waals surface area contributed by atoms with Crippen LogP contribution in [0.25, 0.3) is 5.69 Å². The molecule has 0 saturated carbocycles. The summed E-state index contributed by atoms with van der Waals surface area (Å²) in [5, 5.41) is 11.0. The van der Waals surface area contributed by atoms with E-state index in [0.717, 1.165) is 12.1 Å². The van der Waals surface area contributed by atoms with E-state index in [-0.39, 0.29) is 10.6 Å². The van der Waals surface area contributed by atoms with E-state index in [1.54, 1.807) is 30.3 Å². The molecule has 1 aliphatic rings. The van der Waals surface area contributed by atoms with E-state index in [4.69, 9.17) is 9.47 Å². The van der Waals surface area contributed by atoms with Gasteiger partial charge < -0.3 is 14.8 Å². The largest absolute Gasteiger partial charge is 0.490 e. The van der Waals surface area contributed by atoms with Crippen LogP contribution >= 0.6 is 0 Å². The third-order valence-corrected chi connectivity index (χ3v) is 6.51. The van der Waals surface area contributed by atoms with Crippen LogP contribution in [0.1, 0.15) is 16.9 Å². The quantitative estimate of drug-likeness (QED) is 0.423. The fourth-order valence-corrected chi connectivity index (χ4v) is 4.47. The van der Waals surface area contributed by atoms with Crippen molar-refractivity contribution in [2.24, 2.45) is 0 Å². The summed E-state index contributed by atoms with van der Waals surface area (Å²) < 4.78 is 39.4. The van der Waals surface area contributed by atoms with E-state index in [2.05, 4.69) is 20.2 Å². The van der Waals surface area contributed by atoms with Gasteiger partial charge in [0.2, 0.25) is 0 Å². The van der Waals surface area contributed by atoms with Crippen molar-refractivity contribution in [1.82, 2.24) is 15.0 Å². The summed E-state index contributed by atoms with van der Waals surface area (Å²) >= 11 is 0. The van der Waals surface area contributed by atoms with Gasteiger partial charge in [-0.05, 0) is 48.5 Å². The van der Waals surface area contributed by atoms with Crippen LogP contribution in [-0.4, -0.2) is 42.5 Å². The molecule has 0 spiro atoms. The molecule has 1 amide bonds. The van der Waals surface area contributed by atoms with Crippen LogP contribution in [0.5, 0.6) is 11.5 Å². The van der Waals surface area contributed by atoms with Crippen molar-refractivity contribution in [2.75, 3.05) is 23.3 Å². The van der Waals surface area contributed by atoms with Crippen molar-refractivity contribution in [1.29, 1.82) is 0 Å². The number of nitrogens with one attached hydrogen (secondary N) is 2. The molecule has 2 heterocycles. The highest BCUT2D eigenvalue weighted by Crippen LogP contribution is 2.32. The molecule has 11 heteroatoms. The number of aromatic nitrogens is 3. The molecule has 0 atom stereocenters. The summed E-state index contributed by atoms with van der Waals surface area (Å²) in [4.78, 5) is 14.0. The molecule has 0 saturated heterocycles. The summed E-state index contributed by atoms with van der Waals surface area (Å²) in [6, 6.07) is 20.0. The zero-order chi connectivity index (χ0) is 24.3. The molecule has 0 bridgehead atoms. The monoisotopic (exact) mass is 491 g/mol. The van der Waals surface area contributed by atoms with Gasteiger partial charge in [0.25, 0.3) is 15.9 Å². The van der Waals surface area contributed by atoms with Crippen LogP contribution in [0, 0.1) is 0 Å². The minimum absolute atomic E-state index is 0.0561. The van der Waals surface area contributed by atoms with E-state index in [0.29, 0.717) is 36.1 Å². The van der Waals surface area contributed by atoms with Crippen LogP contribution < -0.4 is 19.5 Å². The highest BCUT2D eigenvalue weighted by Gasteiger charge is 2.19. The molecule has 2 N–H and O–H groups in total. The number of fused-ring (bicyclic) bond motifs is 1. The van der Waals surface area contributed by atoms with Gasteiger partial charge in [0.1, 0.15) is 0 Å². The number of anilines is 2. The lowest BCUT2D eigenvalue weighted by atomic mass is 10.3. The lowest BCUT2D eigenvalue weighted by Gasteiger charge is -2.12. The summed E-state index contributed by atoms with van der Waals surface area (Å²) in [6.45, 7) is 0.978. The highest BCUT2D eigenvalue weighted by molar-refractivity contribution is 7.92. The summed E-state index contributed by atoms with van der Waals surface area (Å²) in [5.41, 5.74) is 1.69. The van der Waals surface area contributed by atoms with Gasteiger partial charge in [-0.15, -0.1) is 5.10 Å². The maximum atomic E-state index is 12.8. The Morgan fingerprint density at radius 1 is 0.886 bits per heavy atom. The first-order chi connectivity index (χ1) is 17.0. The molecular formula is C24H21N5O5S. The van der Waals surface area contributed by atoms with Crippen molar-refractivity contribution >= 4 is 27.3 Å². The van der Waals surface area contributed by atoms with Gasteiger partial charge in [-0.1, -0.05) is 18.2 Å². The average Bonchev–Trinajstić information content (AvgIpc) is 3.25. The molecule has 0 unspecified atom stereocenters. The zero-order valence-electron chi connectivity index (χ0n) is 18.4. The third-order valence-electron chi connectivity index (χ3n) is 5.14. The van der Waals surface area contributed by atoms with E-state index < -0.39 is 15.9 Å². The molecule has 10 nitrogen and oxygen atoms in total. The number of sulfonamides is 1. The number of nitrogens with zero attached hydrogens (tertiary/aromatic N) is 3. The van der Waals surface area contributed by atoms with Crippen molar-refractivity contribution < 1.29 is 22.7 Å². The molecule has 0 radical (unpaired) electrons. The SMILES string of the molecule is O=C(Nc1ccc(NS(=O)(=O)c2ccc3c(c2)OCCCO3)cc1)c1cnn(-c2ccccc2)n1. The molecular weight excluding hydrogens is 470 g/mol. The van der Waals surface area contributed by atoms with Gasteiger partial charge in [0.05, 0.1) is 30.0 Å². The molecule has 178 valence electrons. The first kappa shape index (κ1) is 22.4. The number of para-hydroxylation sites is 1. The summed E-state index contributed by atoms with van der Waals surface area (Å²) in [6.07, 6.45) is 2.10. The van der Waals surface area contributed by atoms with Gasteiger partial charge in [-0.25, -0.2) is 8.42 Å². The van der Waals surface area contributed by atoms with Crippen LogP contribution in [0.2, 0.25) is 0 Å². The van der Waals surface area contributed by atoms with Gasteiger partial charge >= 0.3 is 0 Å². The molecule has 35 heavy (non-hydrogen) atoms. The number of amides is 1. The van der Waals surface area contributed by atoms with E-state index in [9.17, 15) is 13.2 Å². The minimum atomic E-state index is -3.86. The first-order valence-corrected chi connectivity index (χ1v) is 12.3. The molecule has 0 aliphatic carbocycles. The molecule has 4 aromatic rings. The average molecular weight is 492 g/mol. The Labute approximate surface area is 201 Å². The first-order valence-electron chi connectivity index (χ1n) is 10.8. The Morgan fingerprint density at radius 3 is 2.37 bits per heavy atom. The number of rotatable bonds is 6. The van der Waals surface area contributed by atoms with E-state index >= 15 is 0 Å². The van der Waals surface area contributed by atoms with Crippen LogP contribution in [0.4, 0.5) is 11.4 Å². The predicted molar refractivity (Wildman–Crippen MR) is 129 cm³/mol. The fraction of sp³-hybridized carbons (Fsp3) is 0.125. The minimum Gasteiger partial charge on any atom is -0.490 e. The van der Waals surface area contributed by atoms with E-state index in [1.807, 2.05) is 30.3 Å². The van der Waals surface area contributed by atoms with Gasteiger partial charge in [0.15, 0.2) is 17.2 Å². The highest BCUT2D eigenvalue weighted by atomic mass is 32.2. The van der Waals surface area contributed by atoms with Gasteiger partial charge in [0, 0.05) is 23.9 Å². The van der Waals surface area contributed by atoms with Crippen LogP contribution in [0.3, 0.4) is 0 Å². The molecule has 3 aromatic carbocycles. The summed E-state index contributed by atoms with van der Waals surface area (Å²) in [5.74, 6) is 0.477. The number of carbonyl (C=O) groups is 1. The Balaban J connectivity index is 1.25. The summed E-state index contributed by atoms with van der Waals surface area (Å²) in [7, 11) is -3.86. The maximum absolute atomic E-state index is 12.8. The van der Waals surface area contributed by atoms with Gasteiger partial charge in [-0.3, -0.25) is 9.52 Å². The number of ether oxygens (including phenoxy) is 2. The lowest BCUT2D eigenvalue weighted by Crippen LogP contribution is -2.14. The van der Waals surface area contributed by atoms with Crippen molar-refractivity contribution in [3.63, 3.8) is 0 Å². The predicted octanol–water partition coefficient (Wildman–Crippen LogP) is 3.48. The van der Waals surface area contributed by atoms with Gasteiger partial charge in [-0.2, -0.15) is 9.90 Å². The van der Waals surface area contributed by atoms with Crippen LogP contribution in [-0.2, 0) is 10.0 Å². The van der Waals surface area contributed by atoms with E-state index in [1.165, 1.54) is 23.1 Å². The maximum Gasteiger partial charge on any atom is 0.277 e. The smallest absolute Gasteiger partial charge is 0.277 e. The molecule has 5 rings (SSSR count). The number of benzene rings is 3. The number of hydrogen-bond acceptors (Lipinski definition) is 7.